The highest BCUT2D eigenvalue weighted by atomic mass is 35.5. The minimum atomic E-state index is -0.594. The van der Waals surface area contributed by atoms with Gasteiger partial charge in [0, 0.05) is 25.3 Å². The summed E-state index contributed by atoms with van der Waals surface area (Å²) in [6, 6.07) is 4.80. The summed E-state index contributed by atoms with van der Waals surface area (Å²) in [5, 5.41) is 13.0. The third kappa shape index (κ3) is 4.02. The molecule has 2 heterocycles. The number of carbonyl (C=O) groups excluding carboxylic acids is 1. The van der Waals surface area contributed by atoms with Gasteiger partial charge in [-0.05, 0) is 37.5 Å². The van der Waals surface area contributed by atoms with Crippen LogP contribution < -0.4 is 5.32 Å². The Hall–Kier alpha value is -2.32. The number of amidine groups is 1. The summed E-state index contributed by atoms with van der Waals surface area (Å²) >= 11 is 6.10. The molecule has 0 bridgehead atoms. The standard InChI is InChI=1S/C16H19ClN6O2/c1-10-5-6-11(9-12(10)17)18-16-19-14-13(15(24)20-16)23(22-21-14)7-3-4-8-25-2/h5-6,9,13H,3-4,7-8H2,1-2H3,(H,18,20,24). The molecule has 2 aliphatic rings. The lowest BCUT2D eigenvalue weighted by Crippen LogP contribution is -2.51. The Balaban J connectivity index is 1.72. The summed E-state index contributed by atoms with van der Waals surface area (Å²) in [6.45, 7) is 3.20. The predicted octanol–water partition coefficient (Wildman–Crippen LogP) is 2.64. The van der Waals surface area contributed by atoms with Crippen molar-refractivity contribution in [2.75, 3.05) is 20.3 Å². The molecule has 0 aliphatic carbocycles. The van der Waals surface area contributed by atoms with Crippen LogP contribution in [0, 0.1) is 6.92 Å². The van der Waals surface area contributed by atoms with E-state index in [0.29, 0.717) is 29.7 Å². The van der Waals surface area contributed by atoms with E-state index in [9.17, 15) is 4.79 Å². The van der Waals surface area contributed by atoms with Crippen LogP contribution in [-0.2, 0) is 9.53 Å². The van der Waals surface area contributed by atoms with Crippen molar-refractivity contribution in [2.45, 2.75) is 25.8 Å². The number of hydrogen-bond donors (Lipinski definition) is 1. The zero-order valence-electron chi connectivity index (χ0n) is 14.1. The summed E-state index contributed by atoms with van der Waals surface area (Å²) < 4.78 is 5.02. The van der Waals surface area contributed by atoms with Gasteiger partial charge in [-0.2, -0.15) is 4.99 Å². The molecule has 1 N–H and O–H groups in total. The lowest BCUT2D eigenvalue weighted by molar-refractivity contribution is -0.122. The smallest absolute Gasteiger partial charge is 0.259 e. The molecule has 0 fully saturated rings. The van der Waals surface area contributed by atoms with Crippen LogP contribution in [0.1, 0.15) is 18.4 Å². The first-order valence-electron chi connectivity index (χ1n) is 8.00. The van der Waals surface area contributed by atoms with E-state index in [0.717, 1.165) is 18.4 Å². The first-order chi connectivity index (χ1) is 12.1. The molecule has 0 spiro atoms. The second-order valence-electron chi connectivity index (χ2n) is 5.78. The number of nitrogens with one attached hydrogen (secondary N) is 1. The number of aliphatic imine (C=N–C) groups is 2. The summed E-state index contributed by atoms with van der Waals surface area (Å²) in [5.74, 6) is 0.308. The number of unbranched alkanes of at least 4 members (excludes halogenated alkanes) is 1. The summed E-state index contributed by atoms with van der Waals surface area (Å²) in [4.78, 5) is 21.0. The lowest BCUT2D eigenvalue weighted by Gasteiger charge is -2.23. The Labute approximate surface area is 150 Å². The fourth-order valence-electron chi connectivity index (χ4n) is 2.51. The van der Waals surface area contributed by atoms with E-state index in [4.69, 9.17) is 16.3 Å². The average molecular weight is 363 g/mol. The van der Waals surface area contributed by atoms with E-state index in [1.807, 2.05) is 19.1 Å². The fourth-order valence-corrected chi connectivity index (χ4v) is 2.69. The van der Waals surface area contributed by atoms with E-state index >= 15 is 0 Å². The van der Waals surface area contributed by atoms with E-state index in [-0.39, 0.29) is 11.9 Å². The minimum Gasteiger partial charge on any atom is -0.385 e. The zero-order chi connectivity index (χ0) is 17.8. The Bertz CT molecular complexity index is 761. The molecular weight excluding hydrogens is 344 g/mol. The minimum absolute atomic E-state index is 0.191. The second kappa shape index (κ2) is 7.71. The Morgan fingerprint density at radius 1 is 1.40 bits per heavy atom. The number of guanidine groups is 1. The van der Waals surface area contributed by atoms with Crippen molar-refractivity contribution in [3.05, 3.63) is 28.8 Å². The number of ether oxygens (including phenoxy) is 1. The Morgan fingerprint density at radius 3 is 3.00 bits per heavy atom. The number of hydrogen-bond acceptors (Lipinski definition) is 6. The maximum atomic E-state index is 12.4. The van der Waals surface area contributed by atoms with Gasteiger partial charge >= 0.3 is 0 Å². The summed E-state index contributed by atoms with van der Waals surface area (Å²) in [5.41, 5.74) is 1.57. The normalized spacial score (nSPS) is 20.7. The molecule has 0 aromatic heterocycles. The van der Waals surface area contributed by atoms with Crippen molar-refractivity contribution in [3.8, 4) is 0 Å². The van der Waals surface area contributed by atoms with Crippen LogP contribution in [0.15, 0.2) is 38.5 Å². The predicted molar refractivity (Wildman–Crippen MR) is 95.3 cm³/mol. The van der Waals surface area contributed by atoms with Gasteiger partial charge in [0.05, 0.1) is 5.69 Å². The third-order valence-corrected chi connectivity index (χ3v) is 4.29. The maximum Gasteiger partial charge on any atom is 0.259 e. The van der Waals surface area contributed by atoms with Crippen LogP contribution in [0.4, 0.5) is 5.69 Å². The fraction of sp³-hybridized carbons (Fsp3) is 0.438. The Morgan fingerprint density at radius 2 is 2.24 bits per heavy atom. The van der Waals surface area contributed by atoms with Crippen molar-refractivity contribution < 1.29 is 9.53 Å². The van der Waals surface area contributed by atoms with E-state index in [1.54, 1.807) is 18.2 Å². The zero-order valence-corrected chi connectivity index (χ0v) is 14.8. The number of methoxy groups -OCH3 is 1. The first-order valence-corrected chi connectivity index (χ1v) is 8.38. The number of rotatable bonds is 6. The highest BCUT2D eigenvalue weighted by molar-refractivity contribution is 6.31. The molecule has 1 aromatic carbocycles. The largest absolute Gasteiger partial charge is 0.385 e. The monoisotopic (exact) mass is 362 g/mol. The van der Waals surface area contributed by atoms with Crippen LogP contribution in [0.2, 0.25) is 5.02 Å². The maximum absolute atomic E-state index is 12.4. The molecule has 0 saturated heterocycles. The molecule has 2 aliphatic heterocycles. The number of halogens is 1. The van der Waals surface area contributed by atoms with Gasteiger partial charge in [0.15, 0.2) is 11.9 Å². The Kier molecular flexibility index (Phi) is 5.40. The van der Waals surface area contributed by atoms with Crippen molar-refractivity contribution in [2.24, 2.45) is 20.3 Å². The summed E-state index contributed by atoms with van der Waals surface area (Å²) in [7, 11) is 1.66. The first kappa shape index (κ1) is 17.5. The van der Waals surface area contributed by atoms with Gasteiger partial charge in [-0.15, -0.1) is 5.11 Å². The van der Waals surface area contributed by atoms with Crippen LogP contribution in [0.5, 0.6) is 0 Å². The molecule has 132 valence electrons. The molecule has 0 radical (unpaired) electrons. The van der Waals surface area contributed by atoms with Gasteiger partial charge < -0.3 is 4.74 Å². The van der Waals surface area contributed by atoms with Crippen molar-refractivity contribution in [1.82, 2.24) is 10.3 Å². The van der Waals surface area contributed by atoms with Crippen LogP contribution in [0.25, 0.3) is 0 Å². The third-order valence-electron chi connectivity index (χ3n) is 3.88. The van der Waals surface area contributed by atoms with Crippen molar-refractivity contribution >= 4 is 35.0 Å². The van der Waals surface area contributed by atoms with Crippen molar-refractivity contribution in [1.29, 1.82) is 0 Å². The van der Waals surface area contributed by atoms with E-state index in [2.05, 4.69) is 25.6 Å². The quantitative estimate of drug-likeness (QED) is 0.788. The van der Waals surface area contributed by atoms with Gasteiger partial charge in [-0.3, -0.25) is 15.1 Å². The molecule has 3 rings (SSSR count). The van der Waals surface area contributed by atoms with Gasteiger partial charge in [0.25, 0.3) is 5.91 Å². The van der Waals surface area contributed by atoms with Gasteiger partial charge in [-0.1, -0.05) is 22.9 Å². The molecule has 25 heavy (non-hydrogen) atoms. The number of amides is 1. The van der Waals surface area contributed by atoms with Gasteiger partial charge in [-0.25, -0.2) is 4.99 Å². The molecule has 8 nitrogen and oxygen atoms in total. The molecule has 1 atom stereocenters. The number of aryl methyl sites for hydroxylation is 1. The second-order valence-corrected chi connectivity index (χ2v) is 6.19. The molecule has 1 aromatic rings. The summed E-state index contributed by atoms with van der Waals surface area (Å²) in [6.07, 6.45) is 1.75. The number of nitrogens with zero attached hydrogens (tertiary/aromatic N) is 5. The number of carbonyl (C=O) groups is 1. The topological polar surface area (TPSA) is 91.0 Å². The molecule has 0 saturated carbocycles. The molecule has 1 amide bonds. The van der Waals surface area contributed by atoms with Crippen LogP contribution in [-0.4, -0.2) is 49.0 Å². The lowest BCUT2D eigenvalue weighted by atomic mass is 10.2. The number of fused-ring (bicyclic) bond motifs is 1. The molecular formula is C16H19ClN6O2. The number of benzene rings is 1. The SMILES string of the molecule is COCCCCN1N=NC2=NC(=Nc3ccc(C)c(Cl)c3)NC(=O)C21. The van der Waals surface area contributed by atoms with Crippen molar-refractivity contribution in [3.63, 3.8) is 0 Å². The average Bonchev–Trinajstić information content (AvgIpc) is 2.99. The highest BCUT2D eigenvalue weighted by Gasteiger charge is 2.39. The van der Waals surface area contributed by atoms with Crippen LogP contribution >= 0.6 is 11.6 Å². The van der Waals surface area contributed by atoms with Gasteiger partial charge in [0.1, 0.15) is 0 Å². The van der Waals surface area contributed by atoms with E-state index < -0.39 is 6.04 Å². The molecule has 1 unspecified atom stereocenters. The van der Waals surface area contributed by atoms with E-state index in [1.165, 1.54) is 0 Å². The highest BCUT2D eigenvalue weighted by Crippen LogP contribution is 2.23. The molecule has 9 heteroatoms. The van der Waals surface area contributed by atoms with Gasteiger partial charge in [0.2, 0.25) is 5.96 Å². The van der Waals surface area contributed by atoms with Crippen LogP contribution in [0.3, 0.4) is 0 Å².